The Bertz CT molecular complexity index is 338. The first-order valence-corrected chi connectivity index (χ1v) is 4.67. The number of methoxy groups -OCH3 is 1. The molecule has 0 aromatic heterocycles. The van der Waals surface area contributed by atoms with Crippen LogP contribution in [0.25, 0.3) is 0 Å². The van der Waals surface area contributed by atoms with Crippen molar-refractivity contribution in [2.24, 2.45) is 5.73 Å². The number of likely N-dealkylation sites (N-methyl/N-ethyl adjacent to an activating group) is 1. The van der Waals surface area contributed by atoms with Gasteiger partial charge in [-0.15, -0.1) is 12.4 Å². The van der Waals surface area contributed by atoms with E-state index in [1.807, 2.05) is 0 Å². The quantitative estimate of drug-likeness (QED) is 0.870. The molecule has 16 heavy (non-hydrogen) atoms. The van der Waals surface area contributed by atoms with Crippen LogP contribution in [0, 0.1) is 0 Å². The molecule has 0 fully saturated rings. The normalized spacial score (nSPS) is 11.2. The van der Waals surface area contributed by atoms with Gasteiger partial charge in [-0.05, 0) is 17.7 Å². The Morgan fingerprint density at radius 3 is 2.19 bits per heavy atom. The molecule has 1 aromatic rings. The molecule has 0 heterocycles. The Labute approximate surface area is 102 Å². The summed E-state index contributed by atoms with van der Waals surface area (Å²) < 4.78 is 5.02. The van der Waals surface area contributed by atoms with Crippen molar-refractivity contribution in [2.45, 2.75) is 6.04 Å². The van der Waals surface area contributed by atoms with Crippen LogP contribution in [-0.2, 0) is 4.79 Å². The van der Waals surface area contributed by atoms with E-state index in [2.05, 4.69) is 0 Å². The molecule has 0 aliphatic rings. The zero-order valence-corrected chi connectivity index (χ0v) is 10.5. The minimum Gasteiger partial charge on any atom is -0.497 e. The molecule has 0 saturated heterocycles. The number of hydrogen-bond donors (Lipinski definition) is 1. The Morgan fingerprint density at radius 1 is 1.31 bits per heavy atom. The molecule has 1 unspecified atom stereocenters. The fraction of sp³-hybridized carbons (Fsp3) is 0.364. The van der Waals surface area contributed by atoms with Crippen LogP contribution in [0.15, 0.2) is 24.3 Å². The van der Waals surface area contributed by atoms with Crippen molar-refractivity contribution in [2.75, 3.05) is 21.2 Å². The maximum Gasteiger partial charge on any atom is 0.243 e. The highest BCUT2D eigenvalue weighted by Crippen LogP contribution is 2.16. The summed E-state index contributed by atoms with van der Waals surface area (Å²) in [5.74, 6) is 0.642. The third-order valence-corrected chi connectivity index (χ3v) is 2.18. The molecular formula is C11H17ClN2O2. The molecular weight excluding hydrogens is 228 g/mol. The van der Waals surface area contributed by atoms with E-state index in [4.69, 9.17) is 10.5 Å². The molecule has 2 N–H and O–H groups in total. The lowest BCUT2D eigenvalue weighted by Crippen LogP contribution is -2.33. The van der Waals surface area contributed by atoms with E-state index in [1.165, 1.54) is 4.90 Å². The summed E-state index contributed by atoms with van der Waals surface area (Å²) in [5.41, 5.74) is 6.59. The third kappa shape index (κ3) is 3.40. The highest BCUT2D eigenvalue weighted by atomic mass is 35.5. The lowest BCUT2D eigenvalue weighted by molar-refractivity contribution is -0.130. The Balaban J connectivity index is 0.00000225. The molecule has 4 nitrogen and oxygen atoms in total. The fourth-order valence-corrected chi connectivity index (χ4v) is 1.23. The van der Waals surface area contributed by atoms with Gasteiger partial charge in [0, 0.05) is 14.1 Å². The van der Waals surface area contributed by atoms with E-state index in [0.717, 1.165) is 11.3 Å². The highest BCUT2D eigenvalue weighted by molar-refractivity contribution is 5.85. The van der Waals surface area contributed by atoms with Crippen molar-refractivity contribution in [3.8, 4) is 5.75 Å². The number of carbonyl (C=O) groups excluding carboxylic acids is 1. The van der Waals surface area contributed by atoms with Crippen LogP contribution < -0.4 is 10.5 Å². The molecule has 0 spiro atoms. The first kappa shape index (κ1) is 14.7. The second kappa shape index (κ2) is 6.35. The van der Waals surface area contributed by atoms with Crippen molar-refractivity contribution in [3.05, 3.63) is 29.8 Å². The van der Waals surface area contributed by atoms with Crippen LogP contribution in [0.3, 0.4) is 0 Å². The number of ether oxygens (including phenoxy) is 1. The number of rotatable bonds is 3. The van der Waals surface area contributed by atoms with Gasteiger partial charge < -0.3 is 15.4 Å². The molecule has 0 aliphatic heterocycles. The SMILES string of the molecule is COc1ccc(C(N)C(=O)N(C)C)cc1.Cl. The molecule has 0 saturated carbocycles. The van der Waals surface area contributed by atoms with E-state index in [0.29, 0.717) is 0 Å². The van der Waals surface area contributed by atoms with E-state index < -0.39 is 6.04 Å². The van der Waals surface area contributed by atoms with Crippen LogP contribution in [-0.4, -0.2) is 32.0 Å². The van der Waals surface area contributed by atoms with Gasteiger partial charge in [-0.25, -0.2) is 0 Å². The first-order valence-electron chi connectivity index (χ1n) is 4.67. The van der Waals surface area contributed by atoms with Crippen LogP contribution in [0.2, 0.25) is 0 Å². The summed E-state index contributed by atoms with van der Waals surface area (Å²) in [5, 5.41) is 0. The average Bonchev–Trinajstić information content (AvgIpc) is 2.27. The zero-order chi connectivity index (χ0) is 11.4. The van der Waals surface area contributed by atoms with Crippen molar-refractivity contribution >= 4 is 18.3 Å². The molecule has 0 radical (unpaired) electrons. The van der Waals surface area contributed by atoms with Gasteiger partial charge in [0.05, 0.1) is 7.11 Å². The van der Waals surface area contributed by atoms with E-state index in [-0.39, 0.29) is 18.3 Å². The molecule has 1 atom stereocenters. The standard InChI is InChI=1S/C11H16N2O2.ClH/c1-13(2)11(14)10(12)8-4-6-9(15-3)7-5-8;/h4-7,10H,12H2,1-3H3;1H. The summed E-state index contributed by atoms with van der Waals surface area (Å²) in [7, 11) is 4.97. The molecule has 0 bridgehead atoms. The molecule has 0 aliphatic carbocycles. The van der Waals surface area contributed by atoms with Gasteiger partial charge >= 0.3 is 0 Å². The fourth-order valence-electron chi connectivity index (χ4n) is 1.23. The topological polar surface area (TPSA) is 55.6 Å². The minimum atomic E-state index is -0.606. The lowest BCUT2D eigenvalue weighted by Gasteiger charge is -2.17. The summed E-state index contributed by atoms with van der Waals surface area (Å²) in [4.78, 5) is 13.0. The highest BCUT2D eigenvalue weighted by Gasteiger charge is 2.17. The smallest absolute Gasteiger partial charge is 0.243 e. The number of nitrogens with zero attached hydrogens (tertiary/aromatic N) is 1. The van der Waals surface area contributed by atoms with Crippen molar-refractivity contribution in [1.29, 1.82) is 0 Å². The van der Waals surface area contributed by atoms with Crippen molar-refractivity contribution < 1.29 is 9.53 Å². The number of carbonyl (C=O) groups is 1. The number of halogens is 1. The molecule has 1 amide bonds. The van der Waals surface area contributed by atoms with E-state index in [9.17, 15) is 4.79 Å². The number of nitrogens with two attached hydrogens (primary N) is 1. The van der Waals surface area contributed by atoms with Gasteiger partial charge in [0.1, 0.15) is 11.8 Å². The Morgan fingerprint density at radius 2 is 1.81 bits per heavy atom. The van der Waals surface area contributed by atoms with Gasteiger partial charge in [-0.3, -0.25) is 4.79 Å². The largest absolute Gasteiger partial charge is 0.497 e. The lowest BCUT2D eigenvalue weighted by atomic mass is 10.1. The average molecular weight is 245 g/mol. The Hall–Kier alpha value is -1.26. The summed E-state index contributed by atoms with van der Waals surface area (Å²) in [6, 6.07) is 6.57. The van der Waals surface area contributed by atoms with Gasteiger partial charge in [-0.1, -0.05) is 12.1 Å². The predicted molar refractivity (Wildman–Crippen MR) is 65.9 cm³/mol. The first-order chi connectivity index (χ1) is 7.06. The Kier molecular flexibility index (Phi) is 5.85. The van der Waals surface area contributed by atoms with Crippen LogP contribution in [0.4, 0.5) is 0 Å². The molecule has 1 aromatic carbocycles. The molecule has 90 valence electrons. The van der Waals surface area contributed by atoms with Crippen molar-refractivity contribution in [3.63, 3.8) is 0 Å². The third-order valence-electron chi connectivity index (χ3n) is 2.18. The molecule has 5 heteroatoms. The predicted octanol–water partition coefficient (Wildman–Crippen LogP) is 1.20. The minimum absolute atomic E-state index is 0. The van der Waals surface area contributed by atoms with Gasteiger partial charge in [-0.2, -0.15) is 0 Å². The van der Waals surface area contributed by atoms with Gasteiger partial charge in [0.25, 0.3) is 0 Å². The second-order valence-electron chi connectivity index (χ2n) is 3.48. The van der Waals surface area contributed by atoms with Crippen LogP contribution >= 0.6 is 12.4 Å². The summed E-state index contributed by atoms with van der Waals surface area (Å²) in [6.07, 6.45) is 0. The zero-order valence-electron chi connectivity index (χ0n) is 9.64. The number of hydrogen-bond acceptors (Lipinski definition) is 3. The monoisotopic (exact) mass is 244 g/mol. The maximum absolute atomic E-state index is 11.6. The second-order valence-corrected chi connectivity index (χ2v) is 3.48. The molecule has 1 rings (SSSR count). The number of amides is 1. The maximum atomic E-state index is 11.6. The van der Waals surface area contributed by atoms with Crippen LogP contribution in [0.5, 0.6) is 5.75 Å². The van der Waals surface area contributed by atoms with E-state index >= 15 is 0 Å². The number of benzene rings is 1. The van der Waals surface area contributed by atoms with Crippen molar-refractivity contribution in [1.82, 2.24) is 4.90 Å². The van der Waals surface area contributed by atoms with Gasteiger partial charge in [0.15, 0.2) is 0 Å². The van der Waals surface area contributed by atoms with Gasteiger partial charge in [0.2, 0.25) is 5.91 Å². The summed E-state index contributed by atoms with van der Waals surface area (Å²) >= 11 is 0. The van der Waals surface area contributed by atoms with E-state index in [1.54, 1.807) is 45.5 Å². The van der Waals surface area contributed by atoms with Crippen LogP contribution in [0.1, 0.15) is 11.6 Å². The summed E-state index contributed by atoms with van der Waals surface area (Å²) in [6.45, 7) is 0.